The molecule has 0 aromatic carbocycles. The zero-order valence-corrected chi connectivity index (χ0v) is 21.8. The van der Waals surface area contributed by atoms with Gasteiger partial charge in [-0.1, -0.05) is 73.1 Å². The largest absolute Gasteiger partial charge is 0.290 e. The van der Waals surface area contributed by atoms with Crippen molar-refractivity contribution in [1.82, 2.24) is 0 Å². The molecule has 0 N–H and O–H groups in total. The van der Waals surface area contributed by atoms with Crippen molar-refractivity contribution in [3.63, 3.8) is 0 Å². The summed E-state index contributed by atoms with van der Waals surface area (Å²) in [6, 6.07) is 0. The van der Waals surface area contributed by atoms with Crippen LogP contribution in [0.1, 0.15) is 101 Å². The lowest BCUT2D eigenvalue weighted by molar-refractivity contribution is -0.130. The summed E-state index contributed by atoms with van der Waals surface area (Å²) in [5, 5.41) is 0. The summed E-state index contributed by atoms with van der Waals surface area (Å²) in [4.78, 5) is 12.8. The van der Waals surface area contributed by atoms with E-state index >= 15 is 0 Å². The van der Waals surface area contributed by atoms with Crippen LogP contribution in [0.15, 0.2) is 46.1 Å². The first-order valence-electron chi connectivity index (χ1n) is 12.4. The number of carbonyl (C=O) groups excluding carboxylic acids is 1. The normalized spacial score (nSPS) is 39.7. The van der Waals surface area contributed by atoms with Crippen molar-refractivity contribution in [2.24, 2.45) is 33.0 Å². The Bertz CT molecular complexity index is 959. The highest BCUT2D eigenvalue weighted by atomic mass is 16.1. The number of fused-ring (bicyclic) bond motifs is 5. The molecule has 2 fully saturated rings. The summed E-state index contributed by atoms with van der Waals surface area (Å²) in [6.07, 6.45) is 13.0. The Hall–Kier alpha value is -1.37. The Morgan fingerprint density at radius 1 is 0.903 bits per heavy atom. The van der Waals surface area contributed by atoms with Crippen LogP contribution in [0.3, 0.4) is 0 Å². The molecule has 4 rings (SSSR count). The Kier molecular flexibility index (Phi) is 4.84. The van der Waals surface area contributed by atoms with E-state index in [-0.39, 0.29) is 22.0 Å². The minimum atomic E-state index is -0.0241. The summed E-state index contributed by atoms with van der Waals surface area (Å²) in [5.41, 5.74) is 7.39. The fraction of sp³-hybridized carbons (Fsp3) is 0.700. The molecule has 1 heteroatoms. The fourth-order valence-electron chi connectivity index (χ4n) is 7.93. The lowest BCUT2D eigenvalue weighted by Gasteiger charge is -2.68. The predicted molar refractivity (Wildman–Crippen MR) is 132 cm³/mol. The van der Waals surface area contributed by atoms with E-state index in [9.17, 15) is 4.79 Å². The Morgan fingerprint density at radius 2 is 1.55 bits per heavy atom. The predicted octanol–water partition coefficient (Wildman–Crippen LogP) is 8.38. The molecule has 0 aliphatic heterocycles. The van der Waals surface area contributed by atoms with Crippen molar-refractivity contribution in [2.75, 3.05) is 0 Å². The Balaban J connectivity index is 1.88. The average Bonchev–Trinajstić information content (AvgIpc) is 2.65. The van der Waals surface area contributed by atoms with Crippen molar-refractivity contribution >= 4 is 5.78 Å². The zero-order valence-electron chi connectivity index (χ0n) is 21.8. The second kappa shape index (κ2) is 6.58. The molecule has 4 atom stereocenters. The minimum Gasteiger partial charge on any atom is -0.290 e. The van der Waals surface area contributed by atoms with Crippen LogP contribution >= 0.6 is 0 Å². The molecule has 0 spiro atoms. The highest BCUT2D eigenvalue weighted by Gasteiger charge is 2.64. The maximum atomic E-state index is 12.8. The number of hydrogen-bond acceptors (Lipinski definition) is 1. The molecule has 0 aromatic heterocycles. The third kappa shape index (κ3) is 3.05. The van der Waals surface area contributed by atoms with Gasteiger partial charge >= 0.3 is 0 Å². The molecular weight excluding hydrogens is 376 g/mol. The molecule has 0 saturated heterocycles. The van der Waals surface area contributed by atoms with Crippen LogP contribution in [-0.4, -0.2) is 5.78 Å². The lowest BCUT2D eigenvalue weighted by Crippen LogP contribution is -2.59. The first-order valence-corrected chi connectivity index (χ1v) is 12.4. The quantitative estimate of drug-likeness (QED) is 0.416. The second-order valence-corrected chi connectivity index (χ2v) is 13.7. The monoisotopic (exact) mass is 420 g/mol. The van der Waals surface area contributed by atoms with E-state index in [2.05, 4.69) is 74.5 Å². The first-order chi connectivity index (χ1) is 14.1. The second-order valence-electron chi connectivity index (χ2n) is 13.7. The smallest absolute Gasteiger partial charge is 0.182 e. The van der Waals surface area contributed by atoms with Crippen molar-refractivity contribution in [3.8, 4) is 0 Å². The number of carbonyl (C=O) groups is 1. The number of hydrogen-bond donors (Lipinski definition) is 0. The van der Waals surface area contributed by atoms with Crippen molar-refractivity contribution in [3.05, 3.63) is 46.1 Å². The van der Waals surface area contributed by atoms with E-state index in [0.717, 1.165) is 12.0 Å². The van der Waals surface area contributed by atoms with Gasteiger partial charge in [0.1, 0.15) is 0 Å². The van der Waals surface area contributed by atoms with Gasteiger partial charge in [-0.05, 0) is 102 Å². The lowest BCUT2D eigenvalue weighted by atomic mass is 9.36. The molecular formula is C30H44O. The van der Waals surface area contributed by atoms with Crippen molar-refractivity contribution < 1.29 is 4.79 Å². The first kappa shape index (κ1) is 22.8. The van der Waals surface area contributed by atoms with Crippen LogP contribution in [0.25, 0.3) is 0 Å². The zero-order chi connectivity index (χ0) is 23.2. The molecule has 0 amide bonds. The van der Waals surface area contributed by atoms with Crippen LogP contribution in [0.2, 0.25) is 0 Å². The topological polar surface area (TPSA) is 17.1 Å². The van der Waals surface area contributed by atoms with Crippen molar-refractivity contribution in [2.45, 2.75) is 101 Å². The van der Waals surface area contributed by atoms with Gasteiger partial charge in [0.25, 0.3) is 0 Å². The van der Waals surface area contributed by atoms with E-state index < -0.39 is 0 Å². The summed E-state index contributed by atoms with van der Waals surface area (Å²) >= 11 is 0. The highest BCUT2D eigenvalue weighted by molar-refractivity contribution is 6.08. The van der Waals surface area contributed by atoms with Gasteiger partial charge < -0.3 is 0 Å². The molecule has 4 aliphatic carbocycles. The highest BCUT2D eigenvalue weighted by Crippen LogP contribution is 2.73. The average molecular weight is 421 g/mol. The third-order valence-corrected chi connectivity index (χ3v) is 10.3. The van der Waals surface area contributed by atoms with Gasteiger partial charge in [-0.2, -0.15) is 0 Å². The Morgan fingerprint density at radius 3 is 2.16 bits per heavy atom. The van der Waals surface area contributed by atoms with E-state index in [1.165, 1.54) is 42.4 Å². The van der Waals surface area contributed by atoms with Gasteiger partial charge in [0, 0.05) is 5.41 Å². The molecule has 31 heavy (non-hydrogen) atoms. The summed E-state index contributed by atoms with van der Waals surface area (Å²) in [6.45, 7) is 24.0. The number of rotatable bonds is 1. The van der Waals surface area contributed by atoms with Gasteiger partial charge in [-0.15, -0.1) is 0 Å². The van der Waals surface area contributed by atoms with Gasteiger partial charge in [0.15, 0.2) is 5.78 Å². The van der Waals surface area contributed by atoms with Crippen LogP contribution in [0, 0.1) is 33.0 Å². The fourth-order valence-corrected chi connectivity index (χ4v) is 7.93. The van der Waals surface area contributed by atoms with Gasteiger partial charge in [-0.3, -0.25) is 4.79 Å². The molecule has 0 aromatic rings. The molecule has 0 unspecified atom stereocenters. The standard InChI is InChI=1S/C30H44O/c1-19-20(2)23(31)17-22-21(19)11-12-24-28(22,8)14-16-30(10)25(18-26(3,4)5)27(6,7)13-15-29(24,30)9/h11-12,17,25H,13-16,18H2,1-10H3/t25-,28+,29-,30+/m1/s1. The third-order valence-electron chi connectivity index (χ3n) is 10.3. The molecule has 0 heterocycles. The molecule has 1 nitrogen and oxygen atoms in total. The molecule has 2 saturated carbocycles. The minimum absolute atomic E-state index is 0.0241. The van der Waals surface area contributed by atoms with Crippen molar-refractivity contribution in [1.29, 1.82) is 0 Å². The van der Waals surface area contributed by atoms with Crippen LogP contribution in [0.5, 0.6) is 0 Å². The van der Waals surface area contributed by atoms with Gasteiger partial charge in [-0.25, -0.2) is 0 Å². The molecule has 170 valence electrons. The van der Waals surface area contributed by atoms with E-state index in [4.69, 9.17) is 0 Å². The van der Waals surface area contributed by atoms with Crippen LogP contribution in [0.4, 0.5) is 0 Å². The summed E-state index contributed by atoms with van der Waals surface area (Å²) in [7, 11) is 0. The number of allylic oxidation sites excluding steroid dienone is 8. The summed E-state index contributed by atoms with van der Waals surface area (Å²) in [5.74, 6) is 0.904. The Labute approximate surface area is 191 Å². The van der Waals surface area contributed by atoms with Crippen LogP contribution < -0.4 is 0 Å². The van der Waals surface area contributed by atoms with Crippen LogP contribution in [-0.2, 0) is 4.79 Å². The van der Waals surface area contributed by atoms with Gasteiger partial charge in [0.2, 0.25) is 0 Å². The maximum absolute atomic E-state index is 12.8. The van der Waals surface area contributed by atoms with Gasteiger partial charge in [0.05, 0.1) is 0 Å². The summed E-state index contributed by atoms with van der Waals surface area (Å²) < 4.78 is 0. The maximum Gasteiger partial charge on any atom is 0.182 e. The molecule has 0 bridgehead atoms. The van der Waals surface area contributed by atoms with E-state index in [1.54, 1.807) is 5.57 Å². The number of ketones is 1. The van der Waals surface area contributed by atoms with E-state index in [0.29, 0.717) is 16.7 Å². The SMILES string of the molecule is CC1=C(C)C2=CC=C3[C@@](C)(CC[C@@]4(C)[C@H](CC(C)(C)C)C(C)(C)CC[C@]34C)C2=CC1=O. The van der Waals surface area contributed by atoms with E-state index in [1.807, 2.05) is 13.0 Å². The molecule has 0 radical (unpaired) electrons. The molecule has 4 aliphatic rings.